The number of para-hydroxylation sites is 2. The van der Waals surface area contributed by atoms with E-state index in [0.717, 1.165) is 4.88 Å². The Morgan fingerprint density at radius 2 is 1.95 bits per heavy atom. The molecule has 1 aromatic carbocycles. The SMILES string of the molecule is COc1ccccc1OCC(=O)Nc1sc(C)cc1C(=O)O. The number of nitrogens with one attached hydrogen (secondary N) is 1. The minimum atomic E-state index is -1.08. The molecular weight excluding hydrogens is 306 g/mol. The maximum Gasteiger partial charge on any atom is 0.338 e. The zero-order chi connectivity index (χ0) is 16.1. The van der Waals surface area contributed by atoms with Crippen LogP contribution in [-0.2, 0) is 4.79 Å². The van der Waals surface area contributed by atoms with E-state index in [9.17, 15) is 9.59 Å². The van der Waals surface area contributed by atoms with Gasteiger partial charge in [-0.1, -0.05) is 12.1 Å². The Morgan fingerprint density at radius 3 is 2.59 bits per heavy atom. The number of benzene rings is 1. The maximum atomic E-state index is 11.9. The molecule has 22 heavy (non-hydrogen) atoms. The van der Waals surface area contributed by atoms with E-state index < -0.39 is 11.9 Å². The Kier molecular flexibility index (Phi) is 5.00. The number of rotatable bonds is 6. The van der Waals surface area contributed by atoms with Crippen LogP contribution in [0, 0.1) is 6.92 Å². The Bertz CT molecular complexity index is 695. The van der Waals surface area contributed by atoms with Crippen LogP contribution < -0.4 is 14.8 Å². The molecule has 1 heterocycles. The molecular formula is C15H15NO5S. The van der Waals surface area contributed by atoms with Crippen LogP contribution in [0.4, 0.5) is 5.00 Å². The van der Waals surface area contributed by atoms with E-state index >= 15 is 0 Å². The van der Waals surface area contributed by atoms with Crippen LogP contribution in [-0.4, -0.2) is 30.7 Å². The summed E-state index contributed by atoms with van der Waals surface area (Å²) >= 11 is 1.21. The van der Waals surface area contributed by atoms with Crippen molar-refractivity contribution in [3.8, 4) is 11.5 Å². The highest BCUT2D eigenvalue weighted by Gasteiger charge is 2.16. The van der Waals surface area contributed by atoms with Crippen molar-refractivity contribution in [1.29, 1.82) is 0 Å². The van der Waals surface area contributed by atoms with Gasteiger partial charge in [-0.3, -0.25) is 4.79 Å². The molecule has 1 aromatic heterocycles. The molecule has 7 heteroatoms. The number of ether oxygens (including phenoxy) is 2. The maximum absolute atomic E-state index is 11.9. The van der Waals surface area contributed by atoms with Gasteiger partial charge in [-0.15, -0.1) is 11.3 Å². The second-order valence-corrected chi connectivity index (χ2v) is 5.65. The molecule has 0 saturated carbocycles. The van der Waals surface area contributed by atoms with Gasteiger partial charge >= 0.3 is 5.97 Å². The molecule has 0 aliphatic rings. The lowest BCUT2D eigenvalue weighted by Crippen LogP contribution is -2.20. The van der Waals surface area contributed by atoms with Crippen LogP contribution >= 0.6 is 11.3 Å². The van der Waals surface area contributed by atoms with Gasteiger partial charge in [-0.05, 0) is 25.1 Å². The summed E-state index contributed by atoms with van der Waals surface area (Å²) in [5.74, 6) is -0.546. The predicted octanol–water partition coefficient (Wildman–Crippen LogP) is 2.78. The van der Waals surface area contributed by atoms with E-state index in [0.29, 0.717) is 16.5 Å². The molecule has 0 bridgehead atoms. The summed E-state index contributed by atoms with van der Waals surface area (Å²) in [5, 5.41) is 11.9. The summed E-state index contributed by atoms with van der Waals surface area (Å²) in [6, 6.07) is 8.48. The first-order valence-corrected chi connectivity index (χ1v) is 7.22. The summed E-state index contributed by atoms with van der Waals surface area (Å²) in [4.78, 5) is 23.8. The first kappa shape index (κ1) is 15.8. The van der Waals surface area contributed by atoms with E-state index in [4.69, 9.17) is 14.6 Å². The molecule has 0 atom stereocenters. The lowest BCUT2D eigenvalue weighted by atomic mass is 10.3. The van der Waals surface area contributed by atoms with Crippen molar-refractivity contribution >= 4 is 28.2 Å². The second kappa shape index (κ2) is 6.95. The number of carbonyl (C=O) groups is 2. The Balaban J connectivity index is 2.00. The Labute approximate surface area is 131 Å². The highest BCUT2D eigenvalue weighted by Crippen LogP contribution is 2.28. The normalized spacial score (nSPS) is 10.1. The lowest BCUT2D eigenvalue weighted by Gasteiger charge is -2.10. The third-order valence-electron chi connectivity index (χ3n) is 2.77. The molecule has 6 nitrogen and oxygen atoms in total. The van der Waals surface area contributed by atoms with Gasteiger partial charge in [-0.2, -0.15) is 0 Å². The fraction of sp³-hybridized carbons (Fsp3) is 0.200. The quantitative estimate of drug-likeness (QED) is 0.854. The largest absolute Gasteiger partial charge is 0.493 e. The van der Waals surface area contributed by atoms with Crippen LogP contribution in [0.2, 0.25) is 0 Å². The van der Waals surface area contributed by atoms with Gasteiger partial charge in [0.25, 0.3) is 5.91 Å². The number of anilines is 1. The number of thiophene rings is 1. The molecule has 1 amide bonds. The minimum Gasteiger partial charge on any atom is -0.493 e. The average molecular weight is 321 g/mol. The van der Waals surface area contributed by atoms with Gasteiger partial charge in [0.1, 0.15) is 5.00 Å². The fourth-order valence-electron chi connectivity index (χ4n) is 1.81. The molecule has 0 saturated heterocycles. The number of carboxylic acid groups (broad SMARTS) is 1. The smallest absolute Gasteiger partial charge is 0.338 e. The zero-order valence-electron chi connectivity index (χ0n) is 12.1. The molecule has 0 fully saturated rings. The van der Waals surface area contributed by atoms with Crippen molar-refractivity contribution in [3.63, 3.8) is 0 Å². The van der Waals surface area contributed by atoms with Crippen molar-refractivity contribution in [3.05, 3.63) is 40.8 Å². The van der Waals surface area contributed by atoms with E-state index in [1.54, 1.807) is 31.2 Å². The first-order chi connectivity index (χ1) is 10.5. The zero-order valence-corrected chi connectivity index (χ0v) is 12.9. The number of carboxylic acids is 1. The molecule has 116 valence electrons. The number of amides is 1. The van der Waals surface area contributed by atoms with Gasteiger partial charge in [0, 0.05) is 4.88 Å². The van der Waals surface area contributed by atoms with Crippen molar-refractivity contribution < 1.29 is 24.2 Å². The van der Waals surface area contributed by atoms with Crippen LogP contribution in [0.5, 0.6) is 11.5 Å². The number of aryl methyl sites for hydroxylation is 1. The Hall–Kier alpha value is -2.54. The molecule has 0 aliphatic carbocycles. The van der Waals surface area contributed by atoms with Crippen molar-refractivity contribution in [2.75, 3.05) is 19.0 Å². The lowest BCUT2D eigenvalue weighted by molar-refractivity contribution is -0.118. The Morgan fingerprint density at radius 1 is 1.27 bits per heavy atom. The monoisotopic (exact) mass is 321 g/mol. The minimum absolute atomic E-state index is 0.0770. The van der Waals surface area contributed by atoms with Crippen molar-refractivity contribution in [2.45, 2.75) is 6.92 Å². The summed E-state index contributed by atoms with van der Waals surface area (Å²) in [5.41, 5.74) is 0.0770. The van der Waals surface area contributed by atoms with Crippen molar-refractivity contribution in [1.82, 2.24) is 0 Å². The van der Waals surface area contributed by atoms with Gasteiger partial charge in [-0.25, -0.2) is 4.79 Å². The second-order valence-electron chi connectivity index (χ2n) is 4.39. The molecule has 0 radical (unpaired) electrons. The van der Waals surface area contributed by atoms with Gasteiger partial charge in [0.2, 0.25) is 0 Å². The number of carbonyl (C=O) groups excluding carboxylic acids is 1. The van der Waals surface area contributed by atoms with E-state index in [1.807, 2.05) is 0 Å². The van der Waals surface area contributed by atoms with Crippen molar-refractivity contribution in [2.24, 2.45) is 0 Å². The number of methoxy groups -OCH3 is 1. The third kappa shape index (κ3) is 3.76. The van der Waals surface area contributed by atoms with Crippen LogP contribution in [0.15, 0.2) is 30.3 Å². The summed E-state index contributed by atoms with van der Waals surface area (Å²) in [7, 11) is 1.51. The van der Waals surface area contributed by atoms with E-state index in [1.165, 1.54) is 24.5 Å². The third-order valence-corrected chi connectivity index (χ3v) is 3.73. The topological polar surface area (TPSA) is 84.9 Å². The number of hydrogen-bond acceptors (Lipinski definition) is 5. The van der Waals surface area contributed by atoms with Gasteiger partial charge < -0.3 is 19.9 Å². The summed E-state index contributed by atoms with van der Waals surface area (Å²) < 4.78 is 10.5. The molecule has 2 aromatic rings. The van der Waals surface area contributed by atoms with Gasteiger partial charge in [0.15, 0.2) is 18.1 Å². The summed E-state index contributed by atoms with van der Waals surface area (Å²) in [6.07, 6.45) is 0. The number of aromatic carboxylic acids is 1. The van der Waals surface area contributed by atoms with Crippen LogP contribution in [0.3, 0.4) is 0 Å². The molecule has 0 spiro atoms. The van der Waals surface area contributed by atoms with Crippen LogP contribution in [0.25, 0.3) is 0 Å². The predicted molar refractivity (Wildman–Crippen MR) is 83.1 cm³/mol. The molecule has 0 aliphatic heterocycles. The van der Waals surface area contributed by atoms with Gasteiger partial charge in [0.05, 0.1) is 12.7 Å². The first-order valence-electron chi connectivity index (χ1n) is 6.40. The number of hydrogen-bond donors (Lipinski definition) is 2. The molecule has 0 unspecified atom stereocenters. The highest BCUT2D eigenvalue weighted by atomic mass is 32.1. The summed E-state index contributed by atoms with van der Waals surface area (Å²) in [6.45, 7) is 1.54. The standard InChI is InChI=1S/C15H15NO5S/c1-9-7-10(15(18)19)14(22-9)16-13(17)8-21-12-6-4-3-5-11(12)20-2/h3-7H,8H2,1-2H3,(H,16,17)(H,18,19). The van der Waals surface area contributed by atoms with E-state index in [-0.39, 0.29) is 12.2 Å². The van der Waals surface area contributed by atoms with Crippen LogP contribution in [0.1, 0.15) is 15.2 Å². The average Bonchev–Trinajstić information content (AvgIpc) is 2.86. The molecule has 2 rings (SSSR count). The highest BCUT2D eigenvalue weighted by molar-refractivity contribution is 7.16. The fourth-order valence-corrected chi connectivity index (χ4v) is 2.73. The van der Waals surface area contributed by atoms with E-state index in [2.05, 4.69) is 5.32 Å². The molecule has 2 N–H and O–H groups in total.